The van der Waals surface area contributed by atoms with E-state index in [-0.39, 0.29) is 35.6 Å². The van der Waals surface area contributed by atoms with Crippen molar-refractivity contribution in [3.8, 4) is 0 Å². The van der Waals surface area contributed by atoms with Crippen LogP contribution < -0.4 is 16.0 Å². The maximum Gasteiger partial charge on any atom is 0.319 e. The van der Waals surface area contributed by atoms with Crippen molar-refractivity contribution >= 4 is 33.3 Å². The minimum atomic E-state index is -3.83. The molecule has 0 aromatic heterocycles. The van der Waals surface area contributed by atoms with Gasteiger partial charge < -0.3 is 16.0 Å². The van der Waals surface area contributed by atoms with Gasteiger partial charge in [0, 0.05) is 30.5 Å². The Morgan fingerprint density at radius 1 is 1.00 bits per heavy atom. The molecule has 0 radical (unpaired) electrons. The number of nitrogens with zero attached hydrogens (tertiary/aromatic N) is 1. The van der Waals surface area contributed by atoms with Gasteiger partial charge in [-0.05, 0) is 55.3 Å². The third-order valence-corrected chi connectivity index (χ3v) is 6.88. The molecule has 1 aliphatic rings. The molecule has 10 heteroatoms. The molecule has 3 N–H and O–H groups in total. The van der Waals surface area contributed by atoms with E-state index in [1.807, 2.05) is 0 Å². The van der Waals surface area contributed by atoms with Crippen LogP contribution >= 0.6 is 0 Å². The third kappa shape index (κ3) is 5.59. The number of amides is 3. The predicted molar refractivity (Wildman–Crippen MR) is 116 cm³/mol. The topological polar surface area (TPSA) is 108 Å². The van der Waals surface area contributed by atoms with Crippen LogP contribution in [-0.4, -0.2) is 43.8 Å². The second-order valence-corrected chi connectivity index (χ2v) is 9.07. The van der Waals surface area contributed by atoms with Gasteiger partial charge in [-0.1, -0.05) is 13.8 Å². The number of carbonyl (C=O) groups excluding carboxylic acids is 2. The van der Waals surface area contributed by atoms with Crippen LogP contribution in [0.15, 0.2) is 47.4 Å². The van der Waals surface area contributed by atoms with Crippen molar-refractivity contribution in [3.63, 3.8) is 0 Å². The molecule has 31 heavy (non-hydrogen) atoms. The molecule has 1 saturated carbocycles. The number of halogens is 1. The number of sulfonamides is 1. The van der Waals surface area contributed by atoms with Crippen LogP contribution in [0.3, 0.4) is 0 Å². The zero-order valence-corrected chi connectivity index (χ0v) is 18.1. The van der Waals surface area contributed by atoms with Crippen molar-refractivity contribution in [2.24, 2.45) is 0 Å². The first-order valence-electron chi connectivity index (χ1n) is 10.0. The van der Waals surface area contributed by atoms with Gasteiger partial charge in [0.2, 0.25) is 10.0 Å². The van der Waals surface area contributed by atoms with Gasteiger partial charge in [-0.15, -0.1) is 0 Å². The Bertz CT molecular complexity index is 1070. The molecule has 166 valence electrons. The van der Waals surface area contributed by atoms with E-state index in [0.29, 0.717) is 11.4 Å². The minimum absolute atomic E-state index is 0.149. The first-order valence-corrected chi connectivity index (χ1v) is 11.5. The highest BCUT2D eigenvalue weighted by Gasteiger charge is 2.25. The fourth-order valence-electron chi connectivity index (χ4n) is 2.97. The van der Waals surface area contributed by atoms with Gasteiger partial charge in [-0.25, -0.2) is 17.6 Å². The zero-order valence-electron chi connectivity index (χ0n) is 17.3. The van der Waals surface area contributed by atoms with Crippen LogP contribution in [-0.2, 0) is 10.0 Å². The van der Waals surface area contributed by atoms with Gasteiger partial charge in [0.05, 0.1) is 10.5 Å². The molecule has 1 fully saturated rings. The highest BCUT2D eigenvalue weighted by Crippen LogP contribution is 2.22. The number of urea groups is 1. The van der Waals surface area contributed by atoms with Crippen molar-refractivity contribution < 1.29 is 22.4 Å². The number of rotatable bonds is 8. The summed E-state index contributed by atoms with van der Waals surface area (Å²) >= 11 is 0. The van der Waals surface area contributed by atoms with Crippen molar-refractivity contribution in [3.05, 3.63) is 53.8 Å². The summed E-state index contributed by atoms with van der Waals surface area (Å²) in [4.78, 5) is 24.2. The molecule has 8 nitrogen and oxygen atoms in total. The molecule has 0 atom stereocenters. The van der Waals surface area contributed by atoms with Gasteiger partial charge in [-0.3, -0.25) is 4.79 Å². The average Bonchev–Trinajstić information content (AvgIpc) is 3.54. The molecule has 0 heterocycles. The Balaban J connectivity index is 1.72. The van der Waals surface area contributed by atoms with Gasteiger partial charge in [-0.2, -0.15) is 4.31 Å². The standard InChI is InChI=1S/C21H25FN4O4S/c1-3-26(4-2)31(29,30)17-11-12-19(22)18(13-17)20(27)23-14-5-7-15(8-6-14)24-21(28)25-16-9-10-16/h5-8,11-13,16H,3-4,9-10H2,1-2H3,(H,23,27)(H2,24,25,28). The molecule has 0 saturated heterocycles. The van der Waals surface area contributed by atoms with E-state index in [1.165, 1.54) is 4.31 Å². The predicted octanol–water partition coefficient (Wildman–Crippen LogP) is 3.39. The summed E-state index contributed by atoms with van der Waals surface area (Å²) in [5.74, 6) is -1.60. The lowest BCUT2D eigenvalue weighted by Crippen LogP contribution is -2.31. The summed E-state index contributed by atoms with van der Waals surface area (Å²) in [5, 5.41) is 8.02. The van der Waals surface area contributed by atoms with E-state index in [0.717, 1.165) is 31.0 Å². The SMILES string of the molecule is CCN(CC)S(=O)(=O)c1ccc(F)c(C(=O)Nc2ccc(NC(=O)NC3CC3)cc2)c1. The Morgan fingerprint density at radius 2 is 1.58 bits per heavy atom. The van der Waals surface area contributed by atoms with Crippen LogP contribution in [0.25, 0.3) is 0 Å². The summed E-state index contributed by atoms with van der Waals surface area (Å²) in [6.45, 7) is 3.92. The van der Waals surface area contributed by atoms with Crippen LogP contribution in [0, 0.1) is 5.82 Å². The molecule has 1 aliphatic carbocycles. The Labute approximate surface area is 180 Å². The summed E-state index contributed by atoms with van der Waals surface area (Å²) in [7, 11) is -3.83. The Hall–Kier alpha value is -2.98. The largest absolute Gasteiger partial charge is 0.335 e. The monoisotopic (exact) mass is 448 g/mol. The number of hydrogen-bond acceptors (Lipinski definition) is 4. The zero-order chi connectivity index (χ0) is 22.6. The highest BCUT2D eigenvalue weighted by molar-refractivity contribution is 7.89. The molecule has 0 bridgehead atoms. The van der Waals surface area contributed by atoms with Crippen molar-refractivity contribution in [2.45, 2.75) is 37.6 Å². The van der Waals surface area contributed by atoms with Crippen LogP contribution in [0.4, 0.5) is 20.6 Å². The molecule has 3 amide bonds. The molecular formula is C21H25FN4O4S. The summed E-state index contributed by atoms with van der Waals surface area (Å²) in [6.07, 6.45) is 1.96. The molecule has 0 unspecified atom stereocenters. The Kier molecular flexibility index (Phi) is 6.91. The van der Waals surface area contributed by atoms with E-state index >= 15 is 0 Å². The first-order chi connectivity index (χ1) is 14.7. The quantitative estimate of drug-likeness (QED) is 0.575. The van der Waals surface area contributed by atoms with Crippen LogP contribution in [0.1, 0.15) is 37.0 Å². The summed E-state index contributed by atoms with van der Waals surface area (Å²) in [5.41, 5.74) is 0.531. The lowest BCUT2D eigenvalue weighted by atomic mass is 10.2. The maximum absolute atomic E-state index is 14.3. The van der Waals surface area contributed by atoms with Gasteiger partial charge in [0.25, 0.3) is 5.91 Å². The van der Waals surface area contributed by atoms with E-state index in [2.05, 4.69) is 16.0 Å². The number of hydrogen-bond donors (Lipinski definition) is 3. The number of carbonyl (C=O) groups is 2. The molecular weight excluding hydrogens is 423 g/mol. The van der Waals surface area contributed by atoms with Crippen molar-refractivity contribution in [1.29, 1.82) is 0 Å². The maximum atomic E-state index is 14.3. The second kappa shape index (κ2) is 9.44. The number of nitrogens with one attached hydrogen (secondary N) is 3. The van der Waals surface area contributed by atoms with Crippen molar-refractivity contribution in [1.82, 2.24) is 9.62 Å². The van der Waals surface area contributed by atoms with E-state index in [4.69, 9.17) is 0 Å². The normalized spacial score (nSPS) is 13.7. The van der Waals surface area contributed by atoms with Gasteiger partial charge >= 0.3 is 6.03 Å². The summed E-state index contributed by atoms with van der Waals surface area (Å²) < 4.78 is 40.8. The number of benzene rings is 2. The van der Waals surface area contributed by atoms with Gasteiger partial charge in [0.1, 0.15) is 5.82 Å². The van der Waals surface area contributed by atoms with E-state index in [9.17, 15) is 22.4 Å². The van der Waals surface area contributed by atoms with E-state index in [1.54, 1.807) is 38.1 Å². The lowest BCUT2D eigenvalue weighted by Gasteiger charge is -2.19. The molecule has 2 aromatic rings. The fraction of sp³-hybridized carbons (Fsp3) is 0.333. The van der Waals surface area contributed by atoms with Gasteiger partial charge in [0.15, 0.2) is 0 Å². The molecule has 0 spiro atoms. The average molecular weight is 449 g/mol. The highest BCUT2D eigenvalue weighted by atomic mass is 32.2. The molecule has 2 aromatic carbocycles. The fourth-order valence-corrected chi connectivity index (χ4v) is 4.45. The first kappa shape index (κ1) is 22.7. The smallest absolute Gasteiger partial charge is 0.319 e. The minimum Gasteiger partial charge on any atom is -0.335 e. The Morgan fingerprint density at radius 3 is 2.13 bits per heavy atom. The lowest BCUT2D eigenvalue weighted by molar-refractivity contribution is 0.102. The van der Waals surface area contributed by atoms with Crippen molar-refractivity contribution in [2.75, 3.05) is 23.7 Å². The third-order valence-electron chi connectivity index (χ3n) is 4.84. The molecule has 3 rings (SSSR count). The van der Waals surface area contributed by atoms with E-state index < -0.39 is 21.7 Å². The second-order valence-electron chi connectivity index (χ2n) is 7.14. The molecule has 0 aliphatic heterocycles. The summed E-state index contributed by atoms with van der Waals surface area (Å²) in [6, 6.07) is 9.39. The number of anilines is 2. The van der Waals surface area contributed by atoms with Crippen LogP contribution in [0.5, 0.6) is 0 Å². The van der Waals surface area contributed by atoms with Crippen LogP contribution in [0.2, 0.25) is 0 Å².